The molecular formula is C32H36N4O4. The van der Waals surface area contributed by atoms with Crippen LogP contribution in [0.3, 0.4) is 0 Å². The Morgan fingerprint density at radius 2 is 1.90 bits per heavy atom. The van der Waals surface area contributed by atoms with Crippen molar-refractivity contribution in [2.75, 3.05) is 13.7 Å². The summed E-state index contributed by atoms with van der Waals surface area (Å²) in [5, 5.41) is 4.33. The van der Waals surface area contributed by atoms with Crippen LogP contribution in [-0.4, -0.2) is 40.1 Å². The number of aromatic amines is 1. The van der Waals surface area contributed by atoms with Gasteiger partial charge >= 0.3 is 5.97 Å². The van der Waals surface area contributed by atoms with Gasteiger partial charge in [0.25, 0.3) is 5.91 Å². The third-order valence-electron chi connectivity index (χ3n) is 8.39. The number of para-hydroxylation sites is 1. The molecule has 8 nitrogen and oxygen atoms in total. The number of carbonyl (C=O) groups is 2. The molecule has 1 aliphatic carbocycles. The number of ether oxygens (including phenoxy) is 2. The number of hydrogen-bond acceptors (Lipinski definition) is 5. The van der Waals surface area contributed by atoms with Crippen LogP contribution in [0.15, 0.2) is 42.5 Å². The third-order valence-corrected chi connectivity index (χ3v) is 8.39. The first-order chi connectivity index (χ1) is 19.3. The zero-order chi connectivity index (χ0) is 28.0. The van der Waals surface area contributed by atoms with E-state index in [1.807, 2.05) is 32.0 Å². The molecule has 8 heteroatoms. The Morgan fingerprint density at radius 1 is 1.12 bits per heavy atom. The van der Waals surface area contributed by atoms with Crippen molar-refractivity contribution in [1.29, 1.82) is 0 Å². The number of aromatic nitrogens is 3. The van der Waals surface area contributed by atoms with Crippen LogP contribution in [0.5, 0.6) is 5.75 Å². The van der Waals surface area contributed by atoms with Gasteiger partial charge in [-0.15, -0.1) is 0 Å². The van der Waals surface area contributed by atoms with E-state index in [0.29, 0.717) is 36.2 Å². The van der Waals surface area contributed by atoms with Crippen molar-refractivity contribution < 1.29 is 19.1 Å². The Labute approximate surface area is 234 Å². The second-order valence-corrected chi connectivity index (χ2v) is 11.4. The van der Waals surface area contributed by atoms with Gasteiger partial charge in [-0.2, -0.15) is 0 Å². The van der Waals surface area contributed by atoms with Crippen LogP contribution in [-0.2, 0) is 16.8 Å². The van der Waals surface area contributed by atoms with Gasteiger partial charge in [0.2, 0.25) is 0 Å². The Bertz CT molecular complexity index is 1610. The topological polar surface area (TPSA) is 98.2 Å². The largest absolute Gasteiger partial charge is 0.491 e. The number of aryl methyl sites for hydroxylation is 1. The third kappa shape index (κ3) is 4.45. The van der Waals surface area contributed by atoms with Crippen molar-refractivity contribution in [3.05, 3.63) is 70.8 Å². The van der Waals surface area contributed by atoms with Crippen molar-refractivity contribution in [3.8, 4) is 17.0 Å². The quantitative estimate of drug-likeness (QED) is 0.292. The minimum atomic E-state index is -0.848. The molecule has 0 bridgehead atoms. The first-order valence-corrected chi connectivity index (χ1v) is 14.1. The number of amides is 1. The molecule has 4 aromatic rings. The molecular weight excluding hydrogens is 504 g/mol. The fourth-order valence-electron chi connectivity index (χ4n) is 6.35. The maximum Gasteiger partial charge on any atom is 0.356 e. The summed E-state index contributed by atoms with van der Waals surface area (Å²) in [4.78, 5) is 33.3. The number of hydrogen-bond donors (Lipinski definition) is 2. The van der Waals surface area contributed by atoms with Crippen molar-refractivity contribution >= 4 is 22.8 Å². The van der Waals surface area contributed by atoms with Crippen molar-refractivity contribution in [2.24, 2.45) is 0 Å². The SMILES string of the molecule is COC(=O)c1[nH]c(C(C)(C)NC(=O)c2ccc3c(C4CCCCC4)c4n(c3c2)CCOc2ccccc2-4)nc1C. The maximum absolute atomic E-state index is 13.6. The number of nitrogens with one attached hydrogen (secondary N) is 2. The first-order valence-electron chi connectivity index (χ1n) is 14.1. The molecule has 40 heavy (non-hydrogen) atoms. The van der Waals surface area contributed by atoms with Crippen molar-refractivity contribution in [1.82, 2.24) is 19.9 Å². The van der Waals surface area contributed by atoms with E-state index in [2.05, 4.69) is 44.1 Å². The minimum absolute atomic E-state index is 0.208. The van der Waals surface area contributed by atoms with Gasteiger partial charge < -0.3 is 24.3 Å². The lowest BCUT2D eigenvalue weighted by molar-refractivity contribution is 0.0593. The Hall–Kier alpha value is -4.07. The molecule has 0 spiro atoms. The van der Waals surface area contributed by atoms with Crippen LogP contribution in [0.25, 0.3) is 22.2 Å². The molecule has 1 amide bonds. The van der Waals surface area contributed by atoms with Crippen LogP contribution >= 0.6 is 0 Å². The molecule has 1 aliphatic heterocycles. The average Bonchev–Trinajstić information content (AvgIpc) is 3.45. The first kappa shape index (κ1) is 26.2. The number of esters is 1. The number of benzene rings is 2. The van der Waals surface area contributed by atoms with E-state index in [9.17, 15) is 9.59 Å². The fraction of sp³-hybridized carbons (Fsp3) is 0.406. The summed E-state index contributed by atoms with van der Waals surface area (Å²) < 4.78 is 13.4. The van der Waals surface area contributed by atoms with Gasteiger partial charge in [-0.1, -0.05) is 37.5 Å². The van der Waals surface area contributed by atoms with E-state index in [0.717, 1.165) is 16.8 Å². The Balaban J connectivity index is 1.41. The zero-order valence-electron chi connectivity index (χ0n) is 23.6. The molecule has 0 atom stereocenters. The van der Waals surface area contributed by atoms with Gasteiger partial charge in [-0.25, -0.2) is 9.78 Å². The normalized spacial score (nSPS) is 15.6. The minimum Gasteiger partial charge on any atom is -0.491 e. The number of imidazole rings is 1. The predicted molar refractivity (Wildman–Crippen MR) is 154 cm³/mol. The van der Waals surface area contributed by atoms with Gasteiger partial charge in [-0.3, -0.25) is 4.79 Å². The molecule has 208 valence electrons. The highest BCUT2D eigenvalue weighted by Gasteiger charge is 2.32. The van der Waals surface area contributed by atoms with Crippen LogP contribution in [0.2, 0.25) is 0 Å². The van der Waals surface area contributed by atoms with E-state index < -0.39 is 11.5 Å². The van der Waals surface area contributed by atoms with Crippen LogP contribution in [0, 0.1) is 6.92 Å². The standard InChI is InChI=1S/C32H36N4O4/c1-19-27(30(38)39-4)34-31(33-19)32(2,3)35-29(37)21-14-15-22-24(18-21)36-16-17-40-25-13-9-8-12-23(25)28(36)26(22)20-10-6-5-7-11-20/h8-9,12-15,18,20H,5-7,10-11,16-17H2,1-4H3,(H,33,34)(H,35,37). The van der Waals surface area contributed by atoms with Crippen LogP contribution in [0.1, 0.15) is 89.8 Å². The molecule has 1 fully saturated rings. The lowest BCUT2D eigenvalue weighted by Gasteiger charge is -2.24. The summed E-state index contributed by atoms with van der Waals surface area (Å²) in [7, 11) is 1.33. The van der Waals surface area contributed by atoms with E-state index in [-0.39, 0.29) is 11.6 Å². The van der Waals surface area contributed by atoms with Gasteiger partial charge in [0.1, 0.15) is 23.9 Å². The zero-order valence-corrected chi connectivity index (χ0v) is 23.6. The van der Waals surface area contributed by atoms with E-state index >= 15 is 0 Å². The van der Waals surface area contributed by atoms with Crippen molar-refractivity contribution in [3.63, 3.8) is 0 Å². The van der Waals surface area contributed by atoms with Gasteiger partial charge in [-0.05, 0) is 69.4 Å². The number of methoxy groups -OCH3 is 1. The monoisotopic (exact) mass is 540 g/mol. The molecule has 3 heterocycles. The molecule has 2 aromatic heterocycles. The fourth-order valence-corrected chi connectivity index (χ4v) is 6.35. The number of H-pyrrole nitrogens is 1. The number of carbonyl (C=O) groups excluding carboxylic acids is 2. The highest BCUT2D eigenvalue weighted by atomic mass is 16.5. The number of fused-ring (bicyclic) bond motifs is 5. The Morgan fingerprint density at radius 3 is 2.67 bits per heavy atom. The predicted octanol–water partition coefficient (Wildman–Crippen LogP) is 6.23. The second kappa shape index (κ2) is 10.2. The highest BCUT2D eigenvalue weighted by Crippen LogP contribution is 2.47. The van der Waals surface area contributed by atoms with E-state index in [1.54, 1.807) is 6.92 Å². The Kier molecular flexibility index (Phi) is 6.64. The van der Waals surface area contributed by atoms with Crippen molar-refractivity contribution in [2.45, 2.75) is 70.9 Å². The molecule has 0 saturated heterocycles. The number of nitrogens with zero attached hydrogens (tertiary/aromatic N) is 2. The molecule has 2 aliphatic rings. The van der Waals surface area contributed by atoms with E-state index in [1.165, 1.54) is 55.9 Å². The van der Waals surface area contributed by atoms with E-state index in [4.69, 9.17) is 9.47 Å². The van der Waals surface area contributed by atoms with Gasteiger partial charge in [0.15, 0.2) is 0 Å². The molecule has 0 radical (unpaired) electrons. The lowest BCUT2D eigenvalue weighted by atomic mass is 9.81. The molecule has 2 aromatic carbocycles. The molecule has 1 saturated carbocycles. The summed E-state index contributed by atoms with van der Waals surface area (Å²) in [6.45, 7) is 6.75. The highest BCUT2D eigenvalue weighted by molar-refractivity contribution is 6.01. The summed E-state index contributed by atoms with van der Waals surface area (Å²) in [6.07, 6.45) is 6.15. The second-order valence-electron chi connectivity index (χ2n) is 11.4. The average molecular weight is 541 g/mol. The summed E-state index contributed by atoms with van der Waals surface area (Å²) in [5.74, 6) is 1.20. The molecule has 6 rings (SSSR count). The summed E-state index contributed by atoms with van der Waals surface area (Å²) >= 11 is 0. The molecule has 0 unspecified atom stereocenters. The van der Waals surface area contributed by atoms with Gasteiger partial charge in [0.05, 0.1) is 30.6 Å². The van der Waals surface area contributed by atoms with Crippen LogP contribution in [0.4, 0.5) is 0 Å². The summed E-state index contributed by atoms with van der Waals surface area (Å²) in [5.41, 5.74) is 5.34. The smallest absolute Gasteiger partial charge is 0.356 e. The van der Waals surface area contributed by atoms with Crippen LogP contribution < -0.4 is 10.1 Å². The number of rotatable bonds is 5. The van der Waals surface area contributed by atoms with Gasteiger partial charge in [0, 0.05) is 22.0 Å². The lowest BCUT2D eigenvalue weighted by Crippen LogP contribution is -2.42. The summed E-state index contributed by atoms with van der Waals surface area (Å²) in [6, 6.07) is 14.4. The maximum atomic E-state index is 13.6. The molecule has 2 N–H and O–H groups in total.